The zero-order valence-electron chi connectivity index (χ0n) is 19.8. The summed E-state index contributed by atoms with van der Waals surface area (Å²) in [6.07, 6.45) is 0.928. The van der Waals surface area contributed by atoms with Crippen molar-refractivity contribution in [1.82, 2.24) is 4.90 Å². The lowest BCUT2D eigenvalue weighted by atomic mass is 9.87. The number of nitrogens with zero attached hydrogens (tertiary/aromatic N) is 2. The number of anilines is 1. The van der Waals surface area contributed by atoms with Gasteiger partial charge in [-0.25, -0.2) is 0 Å². The molecule has 0 radical (unpaired) electrons. The van der Waals surface area contributed by atoms with Gasteiger partial charge in [0.05, 0.1) is 6.61 Å². The molecule has 0 aromatic heterocycles. The lowest BCUT2D eigenvalue weighted by Gasteiger charge is -2.36. The lowest BCUT2D eigenvalue weighted by molar-refractivity contribution is 0.250. The summed E-state index contributed by atoms with van der Waals surface area (Å²) in [5.74, 6) is 0.948. The molecule has 1 aliphatic rings. The zero-order chi connectivity index (χ0) is 22.4. The topological polar surface area (TPSA) is 15.7 Å². The molecule has 1 saturated heterocycles. The van der Waals surface area contributed by atoms with Crippen LogP contribution in [-0.4, -0.2) is 37.7 Å². The average Bonchev–Trinajstić information content (AvgIpc) is 2.81. The maximum Gasteiger partial charge on any atom is 0.119 e. The Morgan fingerprint density at radius 1 is 0.719 bits per heavy atom. The van der Waals surface area contributed by atoms with E-state index in [9.17, 15) is 0 Å². The Hall–Kier alpha value is -2.78. The molecular formula is C29H36N2O. The molecule has 168 valence electrons. The maximum absolute atomic E-state index is 5.96. The predicted octanol–water partition coefficient (Wildman–Crippen LogP) is 5.93. The molecule has 3 nitrogen and oxygen atoms in total. The molecule has 4 rings (SSSR count). The van der Waals surface area contributed by atoms with Gasteiger partial charge in [-0.3, -0.25) is 4.90 Å². The molecule has 1 aliphatic heterocycles. The fraction of sp³-hybridized carbons (Fsp3) is 0.379. The van der Waals surface area contributed by atoms with E-state index in [1.165, 1.54) is 22.4 Å². The predicted molar refractivity (Wildman–Crippen MR) is 135 cm³/mol. The second kappa shape index (κ2) is 10.2. The third kappa shape index (κ3) is 6.14. The number of rotatable bonds is 7. The van der Waals surface area contributed by atoms with Gasteiger partial charge in [0.1, 0.15) is 5.75 Å². The van der Waals surface area contributed by atoms with Crippen LogP contribution in [-0.2, 0) is 18.4 Å². The molecule has 3 aromatic rings. The number of hydrogen-bond acceptors (Lipinski definition) is 3. The molecule has 0 bridgehead atoms. The van der Waals surface area contributed by atoms with E-state index < -0.39 is 0 Å². The van der Waals surface area contributed by atoms with Crippen molar-refractivity contribution in [3.63, 3.8) is 0 Å². The number of hydrogen-bond donors (Lipinski definition) is 0. The Balaban J connectivity index is 1.20. The van der Waals surface area contributed by atoms with Crippen molar-refractivity contribution in [3.05, 3.63) is 95.6 Å². The first-order chi connectivity index (χ1) is 15.5. The van der Waals surface area contributed by atoms with Crippen LogP contribution in [0.4, 0.5) is 5.69 Å². The summed E-state index contributed by atoms with van der Waals surface area (Å²) in [6, 6.07) is 28.3. The van der Waals surface area contributed by atoms with Crippen molar-refractivity contribution < 1.29 is 4.74 Å². The monoisotopic (exact) mass is 428 g/mol. The number of ether oxygens (including phenoxy) is 1. The van der Waals surface area contributed by atoms with Crippen molar-refractivity contribution in [2.24, 2.45) is 0 Å². The molecule has 0 unspecified atom stereocenters. The van der Waals surface area contributed by atoms with Gasteiger partial charge < -0.3 is 9.64 Å². The molecule has 32 heavy (non-hydrogen) atoms. The second-order valence-corrected chi connectivity index (χ2v) is 9.79. The van der Waals surface area contributed by atoms with Crippen LogP contribution in [0, 0.1) is 0 Å². The van der Waals surface area contributed by atoms with Crippen molar-refractivity contribution >= 4 is 5.69 Å². The summed E-state index contributed by atoms with van der Waals surface area (Å²) in [6.45, 7) is 12.8. The molecule has 0 N–H and O–H groups in total. The molecule has 3 aromatic carbocycles. The summed E-state index contributed by atoms with van der Waals surface area (Å²) in [7, 11) is 0. The summed E-state index contributed by atoms with van der Waals surface area (Å²) >= 11 is 0. The van der Waals surface area contributed by atoms with Gasteiger partial charge >= 0.3 is 0 Å². The van der Waals surface area contributed by atoms with E-state index in [0.717, 1.165) is 44.9 Å². The molecule has 3 heteroatoms. The van der Waals surface area contributed by atoms with Gasteiger partial charge in [0.25, 0.3) is 0 Å². The largest absolute Gasteiger partial charge is 0.493 e. The van der Waals surface area contributed by atoms with E-state index in [1.807, 2.05) is 0 Å². The molecule has 1 fully saturated rings. The number of piperazine rings is 1. The van der Waals surface area contributed by atoms with E-state index in [0.29, 0.717) is 6.61 Å². The first-order valence-corrected chi connectivity index (χ1v) is 11.8. The quantitative estimate of drug-likeness (QED) is 0.464. The Kier molecular flexibility index (Phi) is 7.16. The van der Waals surface area contributed by atoms with Crippen LogP contribution in [0.3, 0.4) is 0 Å². The van der Waals surface area contributed by atoms with Gasteiger partial charge in [0.15, 0.2) is 0 Å². The Labute approximate surface area is 193 Å². The second-order valence-electron chi connectivity index (χ2n) is 9.79. The first kappa shape index (κ1) is 22.4. The normalized spacial score (nSPS) is 15.0. The number of benzene rings is 3. The zero-order valence-corrected chi connectivity index (χ0v) is 19.8. The van der Waals surface area contributed by atoms with E-state index in [1.54, 1.807) is 0 Å². The van der Waals surface area contributed by atoms with Crippen LogP contribution < -0.4 is 9.64 Å². The molecule has 0 aliphatic carbocycles. The first-order valence-electron chi connectivity index (χ1n) is 11.8. The van der Waals surface area contributed by atoms with Gasteiger partial charge in [-0.15, -0.1) is 0 Å². The lowest BCUT2D eigenvalue weighted by Crippen LogP contribution is -2.45. The Morgan fingerprint density at radius 2 is 1.34 bits per heavy atom. The van der Waals surface area contributed by atoms with Gasteiger partial charge in [-0.1, -0.05) is 75.4 Å². The highest BCUT2D eigenvalue weighted by Crippen LogP contribution is 2.24. The van der Waals surface area contributed by atoms with E-state index in [-0.39, 0.29) is 5.41 Å². The third-order valence-corrected chi connectivity index (χ3v) is 6.30. The van der Waals surface area contributed by atoms with Gasteiger partial charge in [-0.2, -0.15) is 0 Å². The molecule has 0 saturated carbocycles. The summed E-state index contributed by atoms with van der Waals surface area (Å²) in [4.78, 5) is 5.04. The van der Waals surface area contributed by atoms with Crippen LogP contribution in [0.25, 0.3) is 0 Å². The minimum absolute atomic E-state index is 0.176. The molecule has 0 spiro atoms. The van der Waals surface area contributed by atoms with Crippen molar-refractivity contribution in [3.8, 4) is 5.75 Å². The van der Waals surface area contributed by atoms with Crippen LogP contribution in [0.1, 0.15) is 37.5 Å². The summed E-state index contributed by atoms with van der Waals surface area (Å²) < 4.78 is 5.96. The molecule has 0 atom stereocenters. The fourth-order valence-corrected chi connectivity index (χ4v) is 4.21. The summed E-state index contributed by atoms with van der Waals surface area (Å²) in [5.41, 5.74) is 5.57. The summed E-state index contributed by atoms with van der Waals surface area (Å²) in [5, 5.41) is 0. The third-order valence-electron chi connectivity index (χ3n) is 6.30. The van der Waals surface area contributed by atoms with Crippen LogP contribution in [0.5, 0.6) is 5.75 Å². The smallest absolute Gasteiger partial charge is 0.119 e. The minimum Gasteiger partial charge on any atom is -0.493 e. The van der Waals surface area contributed by atoms with E-state index in [2.05, 4.69) is 109 Å². The average molecular weight is 429 g/mol. The van der Waals surface area contributed by atoms with Crippen molar-refractivity contribution in [2.45, 2.75) is 39.2 Å². The Morgan fingerprint density at radius 3 is 1.97 bits per heavy atom. The van der Waals surface area contributed by atoms with Crippen LogP contribution >= 0.6 is 0 Å². The number of para-hydroxylation sites is 1. The highest BCUT2D eigenvalue weighted by Gasteiger charge is 2.17. The highest BCUT2D eigenvalue weighted by atomic mass is 16.5. The van der Waals surface area contributed by atoms with Crippen molar-refractivity contribution in [2.75, 3.05) is 37.7 Å². The molecule has 0 amide bonds. The highest BCUT2D eigenvalue weighted by molar-refractivity contribution is 5.46. The van der Waals surface area contributed by atoms with Crippen LogP contribution in [0.15, 0.2) is 78.9 Å². The van der Waals surface area contributed by atoms with Crippen LogP contribution in [0.2, 0.25) is 0 Å². The minimum atomic E-state index is 0.176. The SMILES string of the molecule is CC(C)(C)c1ccc(OCCc2ccc(CN3CCN(c4ccccc4)CC3)cc2)cc1. The fourth-order valence-electron chi connectivity index (χ4n) is 4.21. The standard InChI is InChI=1S/C29H36N2O/c1-29(2,3)26-13-15-28(16-14-26)32-22-17-24-9-11-25(12-10-24)23-30-18-20-31(21-19-30)27-7-5-4-6-8-27/h4-16H,17-23H2,1-3H3. The molecule has 1 heterocycles. The molecular weight excluding hydrogens is 392 g/mol. The van der Waals surface area contributed by atoms with Gasteiger partial charge in [-0.05, 0) is 46.4 Å². The van der Waals surface area contributed by atoms with Crippen molar-refractivity contribution in [1.29, 1.82) is 0 Å². The Bertz CT molecular complexity index is 951. The van der Waals surface area contributed by atoms with E-state index in [4.69, 9.17) is 4.74 Å². The van der Waals surface area contributed by atoms with Gasteiger partial charge in [0.2, 0.25) is 0 Å². The van der Waals surface area contributed by atoms with E-state index >= 15 is 0 Å². The maximum atomic E-state index is 5.96. The van der Waals surface area contributed by atoms with Gasteiger partial charge in [0, 0.05) is 44.8 Å².